The van der Waals surface area contributed by atoms with Crippen LogP contribution in [0.25, 0.3) is 6.08 Å². The molecule has 6 heteroatoms. The van der Waals surface area contributed by atoms with Crippen LogP contribution in [0.15, 0.2) is 48.5 Å². The minimum absolute atomic E-state index is 0.208. The summed E-state index contributed by atoms with van der Waals surface area (Å²) in [5.41, 5.74) is 2.70. The van der Waals surface area contributed by atoms with E-state index in [-0.39, 0.29) is 18.1 Å². The average Bonchev–Trinajstić information content (AvgIpc) is 2.80. The summed E-state index contributed by atoms with van der Waals surface area (Å²) in [6, 6.07) is 12.2. The van der Waals surface area contributed by atoms with Gasteiger partial charge in [-0.15, -0.1) is 0 Å². The summed E-state index contributed by atoms with van der Waals surface area (Å²) in [5, 5.41) is 0. The van der Waals surface area contributed by atoms with Gasteiger partial charge < -0.3 is 14.2 Å². The molecule has 0 aliphatic carbocycles. The molecule has 32 heavy (non-hydrogen) atoms. The lowest BCUT2D eigenvalue weighted by Gasteiger charge is -2.21. The molecular weight excluding hydrogens is 408 g/mol. The molecule has 0 heterocycles. The summed E-state index contributed by atoms with van der Waals surface area (Å²) in [6.07, 6.45) is 4.53. The van der Waals surface area contributed by atoms with Gasteiger partial charge in [0.15, 0.2) is 0 Å². The van der Waals surface area contributed by atoms with Crippen LogP contribution in [-0.2, 0) is 25.7 Å². The fourth-order valence-corrected chi connectivity index (χ4v) is 2.81. The minimum atomic E-state index is -0.903. The monoisotopic (exact) mass is 438 g/mol. The maximum absolute atomic E-state index is 12.3. The molecule has 0 aliphatic heterocycles. The van der Waals surface area contributed by atoms with Crippen LogP contribution < -0.4 is 4.74 Å². The predicted octanol–water partition coefficient (Wildman–Crippen LogP) is 4.92. The number of aryl methyl sites for hydroxylation is 1. The first-order chi connectivity index (χ1) is 15.2. The Hall–Kier alpha value is -3.41. The summed E-state index contributed by atoms with van der Waals surface area (Å²) in [7, 11) is 1.17. The Morgan fingerprint density at radius 3 is 2.34 bits per heavy atom. The molecule has 0 saturated carbocycles. The van der Waals surface area contributed by atoms with Crippen molar-refractivity contribution in [1.82, 2.24) is 0 Å². The number of Topliss-reactive ketones (excluding diaryl/α,β-unsaturated/α-hetero) is 1. The van der Waals surface area contributed by atoms with Gasteiger partial charge in [0, 0.05) is 5.56 Å². The lowest BCUT2D eigenvalue weighted by atomic mass is 9.91. The molecule has 0 atom stereocenters. The van der Waals surface area contributed by atoms with Gasteiger partial charge in [0.05, 0.1) is 12.5 Å². The Morgan fingerprint density at radius 2 is 1.72 bits per heavy atom. The van der Waals surface area contributed by atoms with Gasteiger partial charge in [-0.1, -0.05) is 31.2 Å². The molecule has 0 aliphatic rings. The van der Waals surface area contributed by atoms with Crippen molar-refractivity contribution in [2.45, 2.75) is 40.7 Å². The molecule has 0 bridgehead atoms. The Morgan fingerprint density at radius 1 is 1.03 bits per heavy atom. The molecule has 0 amide bonds. The van der Waals surface area contributed by atoms with Crippen LogP contribution in [0.1, 0.15) is 54.2 Å². The Bertz CT molecular complexity index is 986. The molecule has 0 aromatic heterocycles. The van der Waals surface area contributed by atoms with E-state index in [9.17, 15) is 14.4 Å². The second kappa shape index (κ2) is 11.3. The maximum Gasteiger partial charge on any atom is 0.379 e. The summed E-state index contributed by atoms with van der Waals surface area (Å²) >= 11 is 0. The zero-order chi connectivity index (χ0) is 23.7. The number of ketones is 1. The molecule has 0 radical (unpaired) electrons. The Labute approximate surface area is 189 Å². The molecule has 0 unspecified atom stereocenters. The van der Waals surface area contributed by atoms with Gasteiger partial charge in [-0.2, -0.15) is 0 Å². The van der Waals surface area contributed by atoms with E-state index < -0.39 is 17.2 Å². The first-order valence-electron chi connectivity index (χ1n) is 10.5. The molecule has 0 saturated heterocycles. The van der Waals surface area contributed by atoms with E-state index in [4.69, 9.17) is 9.47 Å². The number of carbonyl (C=O) groups is 3. The van der Waals surface area contributed by atoms with Crippen molar-refractivity contribution in [3.8, 4) is 5.75 Å². The smallest absolute Gasteiger partial charge is 0.379 e. The van der Waals surface area contributed by atoms with Gasteiger partial charge in [0.1, 0.15) is 19.0 Å². The van der Waals surface area contributed by atoms with Crippen molar-refractivity contribution in [1.29, 1.82) is 0 Å². The first-order valence-corrected chi connectivity index (χ1v) is 10.5. The van der Waals surface area contributed by atoms with Gasteiger partial charge in [-0.3, -0.25) is 9.59 Å². The highest BCUT2D eigenvalue weighted by molar-refractivity contribution is 6.40. The van der Waals surface area contributed by atoms with Crippen molar-refractivity contribution >= 4 is 23.8 Å². The molecule has 0 fully saturated rings. The third-order valence-corrected chi connectivity index (χ3v) is 5.33. The summed E-state index contributed by atoms with van der Waals surface area (Å²) < 4.78 is 15.7. The molecule has 6 nitrogen and oxygen atoms in total. The lowest BCUT2D eigenvalue weighted by molar-refractivity contribution is -0.155. The zero-order valence-electron chi connectivity index (χ0n) is 19.3. The van der Waals surface area contributed by atoms with Crippen LogP contribution in [-0.4, -0.2) is 31.4 Å². The number of carbonyl (C=O) groups excluding carboxylic acids is 3. The van der Waals surface area contributed by atoms with E-state index in [0.29, 0.717) is 18.8 Å². The lowest BCUT2D eigenvalue weighted by Crippen LogP contribution is -2.25. The van der Waals surface area contributed by atoms with E-state index >= 15 is 0 Å². The van der Waals surface area contributed by atoms with Crippen LogP contribution in [0.3, 0.4) is 0 Å². The van der Waals surface area contributed by atoms with Crippen molar-refractivity contribution in [2.24, 2.45) is 5.41 Å². The van der Waals surface area contributed by atoms with E-state index in [2.05, 4.69) is 4.74 Å². The molecule has 0 spiro atoms. The van der Waals surface area contributed by atoms with E-state index in [1.165, 1.54) is 19.2 Å². The van der Waals surface area contributed by atoms with E-state index in [1.807, 2.05) is 58.0 Å². The SMILES string of the molecule is CCC(C)(C)C(=O)OCc1cccc(C)c1/C=C\COc1ccc(C(=O)C(=O)OC)cc1. The average molecular weight is 439 g/mol. The number of hydrogen-bond donors (Lipinski definition) is 0. The van der Waals surface area contributed by atoms with Crippen molar-refractivity contribution in [2.75, 3.05) is 13.7 Å². The topological polar surface area (TPSA) is 78.9 Å². The third-order valence-electron chi connectivity index (χ3n) is 5.33. The standard InChI is InChI=1S/C26H30O6/c1-6-26(3,4)25(29)32-17-20-10-7-9-18(2)22(20)11-8-16-31-21-14-12-19(13-15-21)23(27)24(28)30-5/h7-15H,6,16-17H2,1-5H3/b11-8-. The van der Waals surface area contributed by atoms with Crippen molar-refractivity contribution < 1.29 is 28.6 Å². The van der Waals surface area contributed by atoms with Crippen LogP contribution >= 0.6 is 0 Å². The highest BCUT2D eigenvalue weighted by atomic mass is 16.5. The number of benzene rings is 2. The number of hydrogen-bond acceptors (Lipinski definition) is 6. The summed E-state index contributed by atoms with van der Waals surface area (Å²) in [5.74, 6) is -1.25. The number of methoxy groups -OCH3 is 1. The Kier molecular flexibility index (Phi) is 8.76. The second-order valence-corrected chi connectivity index (χ2v) is 8.02. The molecule has 2 rings (SSSR count). The minimum Gasteiger partial charge on any atom is -0.490 e. The summed E-state index contributed by atoms with van der Waals surface area (Å²) in [6.45, 7) is 8.23. The highest BCUT2D eigenvalue weighted by Gasteiger charge is 2.27. The molecule has 0 N–H and O–H groups in total. The van der Waals surface area contributed by atoms with Crippen LogP contribution in [0.4, 0.5) is 0 Å². The van der Waals surface area contributed by atoms with Gasteiger partial charge >= 0.3 is 11.9 Å². The van der Waals surface area contributed by atoms with Gasteiger partial charge in [0.2, 0.25) is 0 Å². The zero-order valence-corrected chi connectivity index (χ0v) is 19.3. The molecule has 170 valence electrons. The number of rotatable bonds is 10. The van der Waals surface area contributed by atoms with Crippen LogP contribution in [0, 0.1) is 12.3 Å². The highest BCUT2D eigenvalue weighted by Crippen LogP contribution is 2.24. The van der Waals surface area contributed by atoms with Crippen LogP contribution in [0.5, 0.6) is 5.75 Å². The van der Waals surface area contributed by atoms with E-state index in [0.717, 1.165) is 16.7 Å². The normalized spacial score (nSPS) is 11.3. The van der Waals surface area contributed by atoms with Crippen molar-refractivity contribution in [3.05, 3.63) is 70.8 Å². The molecule has 2 aromatic carbocycles. The number of ether oxygens (including phenoxy) is 3. The van der Waals surface area contributed by atoms with Gasteiger partial charge in [-0.25, -0.2) is 4.79 Å². The van der Waals surface area contributed by atoms with E-state index in [1.54, 1.807) is 12.1 Å². The molecule has 2 aromatic rings. The maximum atomic E-state index is 12.3. The fourth-order valence-electron chi connectivity index (χ4n) is 2.81. The van der Waals surface area contributed by atoms with Crippen LogP contribution in [0.2, 0.25) is 0 Å². The number of esters is 2. The Balaban J connectivity index is 1.99. The van der Waals surface area contributed by atoms with Gasteiger partial charge in [0.25, 0.3) is 5.78 Å². The van der Waals surface area contributed by atoms with Crippen molar-refractivity contribution in [3.63, 3.8) is 0 Å². The largest absolute Gasteiger partial charge is 0.490 e. The fraction of sp³-hybridized carbons (Fsp3) is 0.346. The van der Waals surface area contributed by atoms with Gasteiger partial charge in [-0.05, 0) is 74.2 Å². The third kappa shape index (κ3) is 6.54. The second-order valence-electron chi connectivity index (χ2n) is 8.02. The first kappa shape index (κ1) is 24.9. The summed E-state index contributed by atoms with van der Waals surface area (Å²) in [4.78, 5) is 35.4. The quantitative estimate of drug-likeness (QED) is 0.298. The predicted molar refractivity (Wildman–Crippen MR) is 122 cm³/mol. The molecular formula is C26H30O6.